The smallest absolute Gasteiger partial charge is 0.356 e. The fourth-order valence-electron chi connectivity index (χ4n) is 3.22. The predicted octanol–water partition coefficient (Wildman–Crippen LogP) is 3.64. The molecule has 4 rings (SSSR count). The van der Waals surface area contributed by atoms with Gasteiger partial charge in [-0.05, 0) is 42.0 Å². The molecule has 3 aromatic rings. The second-order valence-corrected chi connectivity index (χ2v) is 10.7. The topological polar surface area (TPSA) is 129 Å². The number of ether oxygens (including phenoxy) is 1. The van der Waals surface area contributed by atoms with Crippen molar-refractivity contribution in [2.24, 2.45) is 0 Å². The summed E-state index contributed by atoms with van der Waals surface area (Å²) >= 11 is 1.46. The summed E-state index contributed by atoms with van der Waals surface area (Å²) in [7, 11) is 2.44. The van der Waals surface area contributed by atoms with Gasteiger partial charge in [0.2, 0.25) is 0 Å². The Balaban J connectivity index is 1.48. The number of carbonyl (C=O) groups excluding carboxylic acids is 2. The standard InChI is InChI=1S/C22H19N3O6S3/c1-12(26)18(21(29)30)25-19(28)17(24-16(27)11-31-13-7-3-2-4-8-13)20(25)33-34-22-23-14-9-5-6-10-15(14)32-22/h2-10,17,20,26H,11H2,1H3,(H,24,27)(H,29,30)/b18-12+/t17-,20-/m1/s1. The normalized spacial score (nSPS) is 18.3. The molecule has 0 radical (unpaired) electrons. The van der Waals surface area contributed by atoms with E-state index >= 15 is 0 Å². The van der Waals surface area contributed by atoms with Crippen molar-refractivity contribution in [3.8, 4) is 5.75 Å². The van der Waals surface area contributed by atoms with Gasteiger partial charge in [0.25, 0.3) is 11.8 Å². The molecule has 2 heterocycles. The van der Waals surface area contributed by atoms with Crippen molar-refractivity contribution in [3.63, 3.8) is 0 Å². The van der Waals surface area contributed by atoms with Gasteiger partial charge < -0.3 is 20.3 Å². The lowest BCUT2D eigenvalue weighted by molar-refractivity contribution is -0.151. The Morgan fingerprint density at radius 3 is 2.53 bits per heavy atom. The van der Waals surface area contributed by atoms with Crippen LogP contribution in [0, 0.1) is 0 Å². The van der Waals surface area contributed by atoms with E-state index in [1.807, 2.05) is 30.3 Å². The van der Waals surface area contributed by atoms with E-state index in [9.17, 15) is 24.6 Å². The molecule has 34 heavy (non-hydrogen) atoms. The number of carbonyl (C=O) groups is 3. The molecular weight excluding hydrogens is 498 g/mol. The highest BCUT2D eigenvalue weighted by Gasteiger charge is 2.52. The van der Waals surface area contributed by atoms with Crippen molar-refractivity contribution in [2.45, 2.75) is 22.7 Å². The van der Waals surface area contributed by atoms with Gasteiger partial charge in [-0.1, -0.05) is 41.1 Å². The van der Waals surface area contributed by atoms with E-state index in [2.05, 4.69) is 10.3 Å². The Morgan fingerprint density at radius 2 is 1.85 bits per heavy atom. The average Bonchev–Trinajstić information content (AvgIpc) is 3.24. The summed E-state index contributed by atoms with van der Waals surface area (Å²) in [5, 5.41) is 21.2. The fraction of sp³-hybridized carbons (Fsp3) is 0.182. The number of rotatable bonds is 9. The molecule has 1 fully saturated rings. The first kappa shape index (κ1) is 23.9. The number of β-lactam (4-membered cyclic amide) rings is 1. The number of thiazole rings is 1. The third-order valence-electron chi connectivity index (χ3n) is 4.75. The molecule has 0 unspecified atom stereocenters. The molecule has 0 spiro atoms. The molecular formula is C22H19N3O6S3. The molecule has 0 saturated carbocycles. The summed E-state index contributed by atoms with van der Waals surface area (Å²) in [5.41, 5.74) is 0.302. The number of likely N-dealkylation sites (tertiary alicyclic amines) is 1. The van der Waals surface area contributed by atoms with E-state index < -0.39 is 40.7 Å². The lowest BCUT2D eigenvalue weighted by Crippen LogP contribution is -2.69. The molecule has 2 aromatic carbocycles. The van der Waals surface area contributed by atoms with Gasteiger partial charge in [0, 0.05) is 0 Å². The Bertz CT molecular complexity index is 1230. The van der Waals surface area contributed by atoms with Gasteiger partial charge in [-0.2, -0.15) is 0 Å². The number of carboxylic acid groups (broad SMARTS) is 1. The molecule has 12 heteroatoms. The number of aromatic nitrogens is 1. The second kappa shape index (κ2) is 10.4. The third-order valence-corrected chi connectivity index (χ3v) is 8.76. The number of aliphatic hydroxyl groups is 1. The largest absolute Gasteiger partial charge is 0.510 e. The van der Waals surface area contributed by atoms with E-state index in [0.29, 0.717) is 10.1 Å². The average molecular weight is 518 g/mol. The lowest BCUT2D eigenvalue weighted by Gasteiger charge is -2.45. The summed E-state index contributed by atoms with van der Waals surface area (Å²) in [5.74, 6) is -2.61. The number of aliphatic carboxylic acids is 1. The van der Waals surface area contributed by atoms with Gasteiger partial charge in [0.1, 0.15) is 22.9 Å². The van der Waals surface area contributed by atoms with Gasteiger partial charge >= 0.3 is 5.97 Å². The molecule has 2 atom stereocenters. The van der Waals surface area contributed by atoms with Crippen LogP contribution in [-0.2, 0) is 14.4 Å². The maximum absolute atomic E-state index is 12.8. The van der Waals surface area contributed by atoms with Gasteiger partial charge in [0.05, 0.1) is 10.2 Å². The number of allylic oxidation sites excluding steroid dienone is 1. The minimum atomic E-state index is -1.44. The molecule has 0 aliphatic carbocycles. The molecule has 2 amide bonds. The molecule has 176 valence electrons. The zero-order chi connectivity index (χ0) is 24.2. The van der Waals surface area contributed by atoms with E-state index in [4.69, 9.17) is 4.74 Å². The van der Waals surface area contributed by atoms with Crippen molar-refractivity contribution < 1.29 is 29.3 Å². The first-order chi connectivity index (χ1) is 16.3. The van der Waals surface area contributed by atoms with E-state index in [0.717, 1.165) is 15.1 Å². The van der Waals surface area contributed by atoms with Crippen LogP contribution in [0.25, 0.3) is 10.2 Å². The van der Waals surface area contributed by atoms with Crippen LogP contribution in [0.4, 0.5) is 0 Å². The summed E-state index contributed by atoms with van der Waals surface area (Å²) in [4.78, 5) is 42.4. The molecule has 1 saturated heterocycles. The maximum atomic E-state index is 12.8. The third kappa shape index (κ3) is 5.13. The van der Waals surface area contributed by atoms with Crippen molar-refractivity contribution in [1.29, 1.82) is 0 Å². The predicted molar refractivity (Wildman–Crippen MR) is 131 cm³/mol. The van der Waals surface area contributed by atoms with Crippen molar-refractivity contribution in [2.75, 3.05) is 6.61 Å². The summed E-state index contributed by atoms with van der Waals surface area (Å²) in [6.45, 7) is 0.885. The minimum absolute atomic E-state index is 0.309. The number of hydrogen-bond acceptors (Lipinski definition) is 9. The number of nitrogens with one attached hydrogen (secondary N) is 1. The van der Waals surface area contributed by atoms with Crippen LogP contribution in [0.1, 0.15) is 6.92 Å². The van der Waals surface area contributed by atoms with Crippen LogP contribution in [0.2, 0.25) is 0 Å². The van der Waals surface area contributed by atoms with E-state index in [1.165, 1.54) is 39.8 Å². The van der Waals surface area contributed by atoms with Crippen LogP contribution in [0.15, 0.2) is 70.4 Å². The van der Waals surface area contributed by atoms with Crippen LogP contribution < -0.4 is 10.1 Å². The molecule has 9 nitrogen and oxygen atoms in total. The molecule has 0 bridgehead atoms. The summed E-state index contributed by atoms with van der Waals surface area (Å²) in [6.07, 6.45) is 0. The molecule has 1 aromatic heterocycles. The van der Waals surface area contributed by atoms with Crippen LogP contribution in [-0.4, -0.2) is 55.9 Å². The molecule has 3 N–H and O–H groups in total. The van der Waals surface area contributed by atoms with Crippen molar-refractivity contribution in [1.82, 2.24) is 15.2 Å². The van der Waals surface area contributed by atoms with Crippen LogP contribution in [0.3, 0.4) is 0 Å². The Labute approximate surface area is 206 Å². The Morgan fingerprint density at radius 1 is 1.15 bits per heavy atom. The lowest BCUT2D eigenvalue weighted by atomic mass is 10.1. The minimum Gasteiger partial charge on any atom is -0.510 e. The van der Waals surface area contributed by atoms with Crippen molar-refractivity contribution in [3.05, 3.63) is 66.1 Å². The number of para-hydroxylation sites is 2. The number of fused-ring (bicyclic) bond motifs is 1. The second-order valence-electron chi connectivity index (χ2n) is 7.11. The highest BCUT2D eigenvalue weighted by molar-refractivity contribution is 8.77. The number of aliphatic hydroxyl groups excluding tert-OH is 1. The Kier molecular flexibility index (Phi) is 7.29. The highest BCUT2D eigenvalue weighted by Crippen LogP contribution is 2.45. The van der Waals surface area contributed by atoms with E-state index in [1.54, 1.807) is 24.3 Å². The summed E-state index contributed by atoms with van der Waals surface area (Å²) in [6, 6.07) is 15.4. The number of benzene rings is 2. The quantitative estimate of drug-likeness (QED) is 0.169. The summed E-state index contributed by atoms with van der Waals surface area (Å²) < 4.78 is 7.13. The fourth-order valence-corrected chi connectivity index (χ4v) is 7.14. The van der Waals surface area contributed by atoms with Crippen LogP contribution >= 0.6 is 32.9 Å². The first-order valence-electron chi connectivity index (χ1n) is 9.97. The van der Waals surface area contributed by atoms with Gasteiger partial charge in [-0.15, -0.1) is 11.3 Å². The number of amides is 2. The van der Waals surface area contributed by atoms with Gasteiger partial charge in [-0.3, -0.25) is 14.5 Å². The van der Waals surface area contributed by atoms with Gasteiger partial charge in [0.15, 0.2) is 16.6 Å². The van der Waals surface area contributed by atoms with Crippen LogP contribution in [0.5, 0.6) is 5.75 Å². The monoisotopic (exact) mass is 517 g/mol. The number of hydrogen-bond donors (Lipinski definition) is 3. The van der Waals surface area contributed by atoms with Gasteiger partial charge in [-0.25, -0.2) is 9.78 Å². The Hall–Kier alpha value is -3.22. The maximum Gasteiger partial charge on any atom is 0.356 e. The zero-order valence-electron chi connectivity index (χ0n) is 17.7. The SMILES string of the molecule is C/C(O)=C(/C(=O)O)N1C(=O)[C@@H](NC(=O)COc2ccccc2)[C@H]1SSc1nc2ccccc2s1. The number of nitrogens with zero attached hydrogens (tertiary/aromatic N) is 2. The highest BCUT2D eigenvalue weighted by atomic mass is 33.1. The zero-order valence-corrected chi connectivity index (χ0v) is 20.2. The van der Waals surface area contributed by atoms with Crippen molar-refractivity contribution >= 4 is 60.9 Å². The molecule has 1 aliphatic heterocycles. The molecule has 1 aliphatic rings. The first-order valence-corrected chi connectivity index (χ1v) is 13.0. The number of carboxylic acids is 1. The van der Waals surface area contributed by atoms with E-state index in [-0.39, 0.29) is 6.61 Å².